The smallest absolute Gasteiger partial charge is 0.267 e. The summed E-state index contributed by atoms with van der Waals surface area (Å²) >= 11 is 6.33. The van der Waals surface area contributed by atoms with E-state index in [9.17, 15) is 18.0 Å². The minimum atomic E-state index is -0.929. The molecule has 0 radical (unpaired) electrons. The molecule has 0 fully saturated rings. The number of ether oxygens (including phenoxy) is 1. The van der Waals surface area contributed by atoms with Crippen LogP contribution >= 0.6 is 11.6 Å². The molecule has 0 saturated heterocycles. The first kappa shape index (κ1) is 27.6. The topological polar surface area (TPSA) is 121 Å². The second-order valence-electron chi connectivity index (χ2n) is 8.62. The number of hydrogen-bond donors (Lipinski definition) is 2. The van der Waals surface area contributed by atoms with Crippen molar-refractivity contribution >= 4 is 34.1 Å². The summed E-state index contributed by atoms with van der Waals surface area (Å²) in [6, 6.07) is 9.07. The van der Waals surface area contributed by atoms with E-state index in [4.69, 9.17) is 22.1 Å². The van der Waals surface area contributed by atoms with Gasteiger partial charge in [0.2, 0.25) is 0 Å². The molecule has 2 aromatic carbocycles. The van der Waals surface area contributed by atoms with Gasteiger partial charge in [-0.2, -0.15) is 0 Å². The maximum Gasteiger partial charge on any atom is 0.267 e. The molecule has 206 valence electrons. The van der Waals surface area contributed by atoms with Crippen LogP contribution in [0.2, 0.25) is 5.02 Å². The number of nitrogens with one attached hydrogen (secondary N) is 1. The lowest BCUT2D eigenvalue weighted by Gasteiger charge is -2.23. The standard InChI is InChI=1S/C28H19ClF3N7O2/c1-41-13-23(37-26-20(25(33)35-14-36-26)8-7-18-6-5-15(30)12-34-18)27-38-22-4-2-3-21(29)24(22)28(40)39(27)19-10-16(31)9-17(32)11-19/h2-6,9-12,14,23H,13H2,1H3,(H3,33,35,36,37)/t23-/m0/s1. The lowest BCUT2D eigenvalue weighted by atomic mass is 10.1. The summed E-state index contributed by atoms with van der Waals surface area (Å²) in [5.41, 5.74) is 6.00. The highest BCUT2D eigenvalue weighted by molar-refractivity contribution is 6.35. The van der Waals surface area contributed by atoms with Crippen molar-refractivity contribution in [3.63, 3.8) is 0 Å². The van der Waals surface area contributed by atoms with E-state index in [-0.39, 0.29) is 56.9 Å². The van der Waals surface area contributed by atoms with Crippen molar-refractivity contribution < 1.29 is 17.9 Å². The third kappa shape index (κ3) is 5.81. The van der Waals surface area contributed by atoms with Gasteiger partial charge in [-0.05, 0) is 42.3 Å². The van der Waals surface area contributed by atoms with E-state index in [1.165, 1.54) is 31.6 Å². The monoisotopic (exact) mass is 577 g/mol. The molecule has 0 aliphatic carbocycles. The first-order chi connectivity index (χ1) is 19.7. The molecular formula is C28H19ClF3N7O2. The van der Waals surface area contributed by atoms with Crippen molar-refractivity contribution in [1.29, 1.82) is 0 Å². The van der Waals surface area contributed by atoms with Gasteiger partial charge in [-0.3, -0.25) is 9.36 Å². The zero-order valence-electron chi connectivity index (χ0n) is 21.2. The van der Waals surface area contributed by atoms with Gasteiger partial charge in [0.15, 0.2) is 0 Å². The number of hydrogen-bond acceptors (Lipinski definition) is 8. The van der Waals surface area contributed by atoms with Gasteiger partial charge in [0.1, 0.15) is 58.5 Å². The Morgan fingerprint density at radius 1 is 1.05 bits per heavy atom. The normalized spacial score (nSPS) is 11.6. The van der Waals surface area contributed by atoms with Gasteiger partial charge in [-0.1, -0.05) is 23.6 Å². The molecule has 5 aromatic rings. The van der Waals surface area contributed by atoms with Gasteiger partial charge < -0.3 is 15.8 Å². The summed E-state index contributed by atoms with van der Waals surface area (Å²) < 4.78 is 48.3. The van der Waals surface area contributed by atoms with Crippen molar-refractivity contribution in [3.8, 4) is 17.5 Å². The highest BCUT2D eigenvalue weighted by Gasteiger charge is 2.24. The first-order valence-corrected chi connectivity index (χ1v) is 12.3. The number of halogens is 4. The third-order valence-corrected chi connectivity index (χ3v) is 6.17. The molecule has 0 amide bonds. The van der Waals surface area contributed by atoms with Crippen LogP contribution in [0.15, 0.2) is 65.8 Å². The number of methoxy groups -OCH3 is 1. The van der Waals surface area contributed by atoms with Crippen molar-refractivity contribution in [2.24, 2.45) is 0 Å². The molecule has 0 unspecified atom stereocenters. The van der Waals surface area contributed by atoms with Crippen molar-refractivity contribution in [1.82, 2.24) is 24.5 Å². The van der Waals surface area contributed by atoms with Crippen molar-refractivity contribution in [2.45, 2.75) is 6.04 Å². The Morgan fingerprint density at radius 3 is 2.54 bits per heavy atom. The predicted octanol–water partition coefficient (Wildman–Crippen LogP) is 4.42. The molecular weight excluding hydrogens is 559 g/mol. The number of nitrogens with two attached hydrogens (primary N) is 1. The molecule has 3 N–H and O–H groups in total. The van der Waals surface area contributed by atoms with Crippen LogP contribution in [-0.2, 0) is 4.74 Å². The Bertz CT molecular complexity index is 1870. The second-order valence-corrected chi connectivity index (χ2v) is 9.03. The summed E-state index contributed by atoms with van der Waals surface area (Å²) in [5.74, 6) is 3.50. The minimum Gasteiger partial charge on any atom is -0.382 e. The van der Waals surface area contributed by atoms with Crippen LogP contribution in [0.5, 0.6) is 0 Å². The maximum absolute atomic E-state index is 14.3. The molecule has 13 heteroatoms. The number of anilines is 2. The zero-order chi connectivity index (χ0) is 29.1. The van der Waals surface area contributed by atoms with E-state index in [0.29, 0.717) is 6.07 Å². The Labute approximate surface area is 235 Å². The van der Waals surface area contributed by atoms with Crippen LogP contribution in [-0.4, -0.2) is 38.2 Å². The summed E-state index contributed by atoms with van der Waals surface area (Å²) in [4.78, 5) is 30.6. The van der Waals surface area contributed by atoms with Crippen LogP contribution in [0.3, 0.4) is 0 Å². The van der Waals surface area contributed by atoms with Gasteiger partial charge in [0.25, 0.3) is 5.56 Å². The van der Waals surface area contributed by atoms with Crippen molar-refractivity contribution in [3.05, 3.63) is 111 Å². The number of rotatable bonds is 6. The molecule has 0 aliphatic heterocycles. The number of benzene rings is 2. The quantitative estimate of drug-likeness (QED) is 0.285. The Balaban J connectivity index is 1.69. The Morgan fingerprint density at radius 2 is 1.83 bits per heavy atom. The lowest BCUT2D eigenvalue weighted by Crippen LogP contribution is -2.31. The zero-order valence-corrected chi connectivity index (χ0v) is 22.0. The van der Waals surface area contributed by atoms with Crippen molar-refractivity contribution in [2.75, 3.05) is 24.8 Å². The number of fused-ring (bicyclic) bond motifs is 1. The molecule has 1 atom stereocenters. The van der Waals surface area contributed by atoms with E-state index < -0.39 is 29.1 Å². The van der Waals surface area contributed by atoms with E-state index >= 15 is 0 Å². The van der Waals surface area contributed by atoms with Gasteiger partial charge >= 0.3 is 0 Å². The molecule has 9 nitrogen and oxygen atoms in total. The highest BCUT2D eigenvalue weighted by Crippen LogP contribution is 2.27. The van der Waals surface area contributed by atoms with E-state index in [2.05, 4.69) is 37.1 Å². The molecule has 0 aliphatic rings. The molecule has 3 aromatic heterocycles. The molecule has 0 bridgehead atoms. The van der Waals surface area contributed by atoms with Gasteiger partial charge in [0, 0.05) is 13.2 Å². The molecule has 0 saturated carbocycles. The average molecular weight is 578 g/mol. The second kappa shape index (κ2) is 11.6. The van der Waals surface area contributed by atoms with Gasteiger partial charge in [-0.15, -0.1) is 0 Å². The van der Waals surface area contributed by atoms with Crippen LogP contribution in [0.25, 0.3) is 16.6 Å². The SMILES string of the molecule is COC[C@H](Nc1ncnc(N)c1C#Cc1ccc(F)cn1)c1nc2cccc(Cl)c2c(=O)n1-c1cc(F)cc(F)c1. The van der Waals surface area contributed by atoms with Crippen LogP contribution in [0.4, 0.5) is 24.8 Å². The predicted molar refractivity (Wildman–Crippen MR) is 147 cm³/mol. The molecule has 5 rings (SSSR count). The van der Waals surface area contributed by atoms with Crippen LogP contribution in [0, 0.1) is 29.3 Å². The molecule has 3 heterocycles. The summed E-state index contributed by atoms with van der Waals surface area (Å²) in [7, 11) is 1.42. The number of aromatic nitrogens is 5. The first-order valence-electron chi connectivity index (χ1n) is 11.9. The number of nitrogens with zero attached hydrogens (tertiary/aromatic N) is 5. The maximum atomic E-state index is 14.3. The third-order valence-electron chi connectivity index (χ3n) is 5.85. The summed E-state index contributed by atoms with van der Waals surface area (Å²) in [5, 5.41) is 3.29. The number of nitrogen functional groups attached to an aromatic ring is 1. The molecule has 41 heavy (non-hydrogen) atoms. The summed E-state index contributed by atoms with van der Waals surface area (Å²) in [6.07, 6.45) is 2.22. The Kier molecular flexibility index (Phi) is 7.82. The fourth-order valence-corrected chi connectivity index (χ4v) is 4.33. The number of pyridine rings is 1. The van der Waals surface area contributed by atoms with Gasteiger partial charge in [-0.25, -0.2) is 33.1 Å². The minimum absolute atomic E-state index is 0.0242. The largest absolute Gasteiger partial charge is 0.382 e. The van der Waals surface area contributed by atoms with E-state index in [1.807, 2.05) is 0 Å². The van der Waals surface area contributed by atoms with Crippen LogP contribution < -0.4 is 16.6 Å². The van der Waals surface area contributed by atoms with E-state index in [0.717, 1.165) is 22.9 Å². The average Bonchev–Trinajstić information content (AvgIpc) is 2.92. The van der Waals surface area contributed by atoms with E-state index in [1.54, 1.807) is 12.1 Å². The molecule has 0 spiro atoms. The summed E-state index contributed by atoms with van der Waals surface area (Å²) in [6.45, 7) is -0.0768. The fourth-order valence-electron chi connectivity index (χ4n) is 4.08. The lowest BCUT2D eigenvalue weighted by molar-refractivity contribution is 0.183. The van der Waals surface area contributed by atoms with Gasteiger partial charge in [0.05, 0.1) is 34.4 Å². The highest BCUT2D eigenvalue weighted by atomic mass is 35.5. The van der Waals surface area contributed by atoms with Crippen LogP contribution in [0.1, 0.15) is 23.1 Å². The Hall–Kier alpha value is -4.99. The fraction of sp³-hybridized carbons (Fsp3) is 0.107.